The summed E-state index contributed by atoms with van der Waals surface area (Å²) in [5.74, 6) is 1.05. The van der Waals surface area contributed by atoms with E-state index in [0.717, 1.165) is 6.42 Å². The predicted octanol–water partition coefficient (Wildman–Crippen LogP) is 2.27. The Labute approximate surface area is 88.6 Å². The van der Waals surface area contributed by atoms with Crippen molar-refractivity contribution < 1.29 is 4.74 Å². The van der Waals surface area contributed by atoms with Gasteiger partial charge >= 0.3 is 0 Å². The van der Waals surface area contributed by atoms with Crippen LogP contribution in [-0.4, -0.2) is 24.4 Å². The molecule has 0 fully saturated rings. The minimum Gasteiger partial charge on any atom is -0.478 e. The van der Waals surface area contributed by atoms with Crippen molar-refractivity contribution in [2.75, 3.05) is 12.5 Å². The molecular formula is C11H12ClNO. The maximum atomic E-state index is 5.62. The molecule has 0 aliphatic carbocycles. The smallest absolute Gasteiger partial charge is 0.199 e. The van der Waals surface area contributed by atoms with Crippen molar-refractivity contribution in [1.82, 2.24) is 0 Å². The van der Waals surface area contributed by atoms with Crippen molar-refractivity contribution in [2.45, 2.75) is 12.5 Å². The molecule has 0 bridgehead atoms. The van der Waals surface area contributed by atoms with Crippen LogP contribution in [0, 0.1) is 0 Å². The van der Waals surface area contributed by atoms with Gasteiger partial charge in [-0.15, -0.1) is 11.6 Å². The summed E-state index contributed by atoms with van der Waals surface area (Å²) in [7, 11) is 0. The second kappa shape index (κ2) is 4.47. The highest BCUT2D eigenvalue weighted by molar-refractivity contribution is 6.27. The molecule has 0 N–H and O–H groups in total. The molecule has 2 nitrogen and oxygen atoms in total. The Bertz CT molecular complexity index is 323. The summed E-state index contributed by atoms with van der Waals surface area (Å²) in [5, 5.41) is 0. The molecule has 3 heteroatoms. The van der Waals surface area contributed by atoms with Crippen LogP contribution >= 0.6 is 11.6 Å². The van der Waals surface area contributed by atoms with Crippen molar-refractivity contribution in [1.29, 1.82) is 0 Å². The Kier molecular flexibility index (Phi) is 3.04. The van der Waals surface area contributed by atoms with Gasteiger partial charge in [-0.25, -0.2) is 4.99 Å². The molecule has 0 spiro atoms. The zero-order valence-electron chi connectivity index (χ0n) is 7.82. The third-order valence-corrected chi connectivity index (χ3v) is 2.43. The van der Waals surface area contributed by atoms with Crippen LogP contribution in [0.25, 0.3) is 0 Å². The fourth-order valence-corrected chi connectivity index (χ4v) is 1.68. The first-order chi connectivity index (χ1) is 6.88. The fraction of sp³-hybridized carbons (Fsp3) is 0.364. The molecule has 0 aromatic heterocycles. The highest BCUT2D eigenvalue weighted by Gasteiger charge is 2.17. The van der Waals surface area contributed by atoms with Gasteiger partial charge in [0, 0.05) is 0 Å². The van der Waals surface area contributed by atoms with Crippen LogP contribution in [0.5, 0.6) is 0 Å². The number of rotatable bonds is 3. The van der Waals surface area contributed by atoms with Gasteiger partial charge in [-0.05, 0) is 12.0 Å². The minimum absolute atomic E-state index is 0.242. The van der Waals surface area contributed by atoms with Crippen molar-refractivity contribution >= 4 is 17.5 Å². The molecule has 1 atom stereocenters. The van der Waals surface area contributed by atoms with Crippen LogP contribution in [0.1, 0.15) is 5.56 Å². The highest BCUT2D eigenvalue weighted by Crippen LogP contribution is 2.12. The van der Waals surface area contributed by atoms with Crippen LogP contribution in [0.15, 0.2) is 35.3 Å². The summed E-state index contributed by atoms with van der Waals surface area (Å²) in [4.78, 5) is 4.36. The van der Waals surface area contributed by atoms with Gasteiger partial charge in [0.25, 0.3) is 0 Å². The number of halogens is 1. The predicted molar refractivity (Wildman–Crippen MR) is 58.0 cm³/mol. The van der Waals surface area contributed by atoms with E-state index in [9.17, 15) is 0 Å². The molecule has 2 rings (SSSR count). The molecule has 1 heterocycles. The molecule has 74 valence electrons. The molecule has 1 aromatic rings. The number of hydrogen-bond acceptors (Lipinski definition) is 2. The zero-order valence-corrected chi connectivity index (χ0v) is 8.57. The van der Waals surface area contributed by atoms with Crippen LogP contribution in [-0.2, 0) is 11.2 Å². The van der Waals surface area contributed by atoms with Gasteiger partial charge in [0.2, 0.25) is 0 Å². The number of aliphatic imine (C=N–C) groups is 1. The molecule has 14 heavy (non-hydrogen) atoms. The van der Waals surface area contributed by atoms with E-state index in [0.29, 0.717) is 18.4 Å². The van der Waals surface area contributed by atoms with E-state index in [4.69, 9.17) is 16.3 Å². The molecule has 0 saturated carbocycles. The molecule has 1 aliphatic heterocycles. The van der Waals surface area contributed by atoms with Crippen LogP contribution in [0.4, 0.5) is 0 Å². The number of nitrogens with zero attached hydrogens (tertiary/aromatic N) is 1. The van der Waals surface area contributed by atoms with Gasteiger partial charge in [-0.3, -0.25) is 0 Å². The van der Waals surface area contributed by atoms with E-state index in [1.54, 1.807) is 0 Å². The lowest BCUT2D eigenvalue weighted by molar-refractivity contribution is 0.314. The number of benzene rings is 1. The van der Waals surface area contributed by atoms with Gasteiger partial charge in [0.1, 0.15) is 6.61 Å². The molecule has 0 unspecified atom stereocenters. The average Bonchev–Trinajstić information content (AvgIpc) is 2.67. The summed E-state index contributed by atoms with van der Waals surface area (Å²) < 4.78 is 5.30. The first kappa shape index (κ1) is 9.53. The summed E-state index contributed by atoms with van der Waals surface area (Å²) in [6.07, 6.45) is 0.932. The van der Waals surface area contributed by atoms with Crippen LogP contribution < -0.4 is 0 Å². The Morgan fingerprint density at radius 3 is 2.79 bits per heavy atom. The van der Waals surface area contributed by atoms with E-state index in [2.05, 4.69) is 17.1 Å². The standard InChI is InChI=1S/C11H12ClNO/c12-7-11-13-10(8-14-11)6-9-4-2-1-3-5-9/h1-5,10H,6-8H2/t10-/m1/s1. The molecule has 0 saturated heterocycles. The normalized spacial score (nSPS) is 20.4. The summed E-state index contributed by atoms with van der Waals surface area (Å²) in [6, 6.07) is 10.5. The van der Waals surface area contributed by atoms with Crippen molar-refractivity contribution in [3.63, 3.8) is 0 Å². The maximum Gasteiger partial charge on any atom is 0.199 e. The van der Waals surface area contributed by atoms with Gasteiger partial charge in [0.05, 0.1) is 11.9 Å². The highest BCUT2D eigenvalue weighted by atomic mass is 35.5. The van der Waals surface area contributed by atoms with E-state index in [1.807, 2.05) is 18.2 Å². The SMILES string of the molecule is ClCC1=N[C@H](Cc2ccccc2)CO1. The molecule has 0 amide bonds. The van der Waals surface area contributed by atoms with Gasteiger partial charge in [-0.2, -0.15) is 0 Å². The summed E-state index contributed by atoms with van der Waals surface area (Å²) >= 11 is 5.62. The molecular weight excluding hydrogens is 198 g/mol. The number of ether oxygens (including phenoxy) is 1. The number of hydrogen-bond donors (Lipinski definition) is 0. The molecule has 1 aliphatic rings. The lowest BCUT2D eigenvalue weighted by atomic mass is 10.1. The first-order valence-electron chi connectivity index (χ1n) is 4.68. The third kappa shape index (κ3) is 2.26. The Morgan fingerprint density at radius 2 is 2.14 bits per heavy atom. The van der Waals surface area contributed by atoms with Crippen molar-refractivity contribution in [3.8, 4) is 0 Å². The van der Waals surface area contributed by atoms with Gasteiger partial charge in [-0.1, -0.05) is 30.3 Å². The largest absolute Gasteiger partial charge is 0.478 e. The maximum absolute atomic E-state index is 5.62. The van der Waals surface area contributed by atoms with Crippen LogP contribution in [0.3, 0.4) is 0 Å². The molecule has 0 radical (unpaired) electrons. The topological polar surface area (TPSA) is 21.6 Å². The Morgan fingerprint density at radius 1 is 1.36 bits per heavy atom. The van der Waals surface area contributed by atoms with Crippen molar-refractivity contribution in [2.24, 2.45) is 4.99 Å². The van der Waals surface area contributed by atoms with E-state index >= 15 is 0 Å². The Balaban J connectivity index is 1.97. The van der Waals surface area contributed by atoms with Gasteiger partial charge < -0.3 is 4.74 Å². The quantitative estimate of drug-likeness (QED) is 0.700. The second-order valence-electron chi connectivity index (χ2n) is 3.31. The van der Waals surface area contributed by atoms with Gasteiger partial charge in [0.15, 0.2) is 5.90 Å². The summed E-state index contributed by atoms with van der Waals surface area (Å²) in [5.41, 5.74) is 1.29. The second-order valence-corrected chi connectivity index (χ2v) is 3.58. The summed E-state index contributed by atoms with van der Waals surface area (Å²) in [6.45, 7) is 0.664. The fourth-order valence-electron chi connectivity index (χ4n) is 1.53. The lowest BCUT2D eigenvalue weighted by Gasteiger charge is -2.03. The van der Waals surface area contributed by atoms with Crippen molar-refractivity contribution in [3.05, 3.63) is 35.9 Å². The average molecular weight is 210 g/mol. The first-order valence-corrected chi connectivity index (χ1v) is 5.21. The van der Waals surface area contributed by atoms with E-state index in [-0.39, 0.29) is 6.04 Å². The zero-order chi connectivity index (χ0) is 9.80. The van der Waals surface area contributed by atoms with E-state index in [1.165, 1.54) is 5.56 Å². The van der Waals surface area contributed by atoms with E-state index < -0.39 is 0 Å². The minimum atomic E-state index is 0.242. The molecule has 1 aromatic carbocycles. The number of alkyl halides is 1. The monoisotopic (exact) mass is 209 g/mol. The lowest BCUT2D eigenvalue weighted by Crippen LogP contribution is -2.09. The third-order valence-electron chi connectivity index (χ3n) is 2.20. The van der Waals surface area contributed by atoms with Crippen LogP contribution in [0.2, 0.25) is 0 Å². The Hall–Kier alpha value is -1.02.